The van der Waals surface area contributed by atoms with E-state index in [1.54, 1.807) is 18.3 Å². The average Bonchev–Trinajstić information content (AvgIpc) is 2.75. The highest BCUT2D eigenvalue weighted by molar-refractivity contribution is 6.29. The van der Waals surface area contributed by atoms with Crippen LogP contribution in [0.3, 0.4) is 0 Å². The fourth-order valence-electron chi connectivity index (χ4n) is 1.18. The summed E-state index contributed by atoms with van der Waals surface area (Å²) in [6.45, 7) is 4.00. The van der Waals surface area contributed by atoms with Crippen molar-refractivity contribution >= 4 is 17.6 Å². The lowest BCUT2D eigenvalue weighted by atomic mass is 10.4. The molecule has 0 saturated heterocycles. The molecular weight excluding hydrogens is 242 g/mol. The van der Waals surface area contributed by atoms with Gasteiger partial charge < -0.3 is 5.11 Å². The average molecular weight is 254 g/mol. The number of nitrogens with zero attached hydrogens (tertiary/aromatic N) is 3. The van der Waals surface area contributed by atoms with E-state index < -0.39 is 5.97 Å². The Morgan fingerprint density at radius 3 is 2.71 bits per heavy atom. The van der Waals surface area contributed by atoms with Crippen molar-refractivity contribution in [3.05, 3.63) is 41.4 Å². The van der Waals surface area contributed by atoms with Crippen LogP contribution < -0.4 is 0 Å². The van der Waals surface area contributed by atoms with Crippen LogP contribution in [0.2, 0.25) is 5.15 Å². The summed E-state index contributed by atoms with van der Waals surface area (Å²) in [5, 5.41) is 12.9. The Bertz CT molecular complexity index is 497. The van der Waals surface area contributed by atoms with Gasteiger partial charge in [-0.3, -0.25) is 4.98 Å². The van der Waals surface area contributed by atoms with Crippen molar-refractivity contribution in [2.24, 2.45) is 0 Å². The maximum absolute atomic E-state index is 10.9. The van der Waals surface area contributed by atoms with Crippen molar-refractivity contribution in [2.45, 2.75) is 13.8 Å². The summed E-state index contributed by atoms with van der Waals surface area (Å²) >= 11 is 5.64. The maximum atomic E-state index is 10.9. The van der Waals surface area contributed by atoms with E-state index in [0.717, 1.165) is 0 Å². The number of aromatic carboxylic acids is 1. The first-order valence-electron chi connectivity index (χ1n) is 5.08. The quantitative estimate of drug-likeness (QED) is 0.893. The number of hydrogen-bond acceptors (Lipinski definition) is 3. The van der Waals surface area contributed by atoms with E-state index >= 15 is 0 Å². The van der Waals surface area contributed by atoms with Gasteiger partial charge in [0, 0.05) is 12.3 Å². The van der Waals surface area contributed by atoms with E-state index in [-0.39, 0.29) is 10.8 Å². The zero-order valence-electron chi connectivity index (χ0n) is 9.46. The highest BCUT2D eigenvalue weighted by Crippen LogP contribution is 2.14. The Morgan fingerprint density at radius 1 is 1.47 bits per heavy atom. The van der Waals surface area contributed by atoms with Gasteiger partial charge in [0.15, 0.2) is 10.8 Å². The third-order valence-corrected chi connectivity index (χ3v) is 1.97. The molecule has 0 aromatic carbocycles. The van der Waals surface area contributed by atoms with Crippen LogP contribution in [0.25, 0.3) is 5.69 Å². The molecule has 0 radical (unpaired) electrons. The van der Waals surface area contributed by atoms with E-state index in [1.165, 1.54) is 16.9 Å². The van der Waals surface area contributed by atoms with Crippen molar-refractivity contribution in [3.63, 3.8) is 0 Å². The summed E-state index contributed by atoms with van der Waals surface area (Å²) in [4.78, 5) is 14.7. The molecule has 0 amide bonds. The topological polar surface area (TPSA) is 68.0 Å². The lowest BCUT2D eigenvalue weighted by Crippen LogP contribution is -2.07. The Labute approximate surface area is 104 Å². The normalized spacial score (nSPS) is 9.35. The van der Waals surface area contributed by atoms with Crippen LogP contribution in [-0.4, -0.2) is 25.8 Å². The molecule has 17 heavy (non-hydrogen) atoms. The molecule has 6 heteroatoms. The summed E-state index contributed by atoms with van der Waals surface area (Å²) in [5.41, 5.74) is 0.565. The van der Waals surface area contributed by atoms with E-state index in [9.17, 15) is 4.79 Å². The van der Waals surface area contributed by atoms with Crippen LogP contribution in [0, 0.1) is 0 Å². The zero-order valence-corrected chi connectivity index (χ0v) is 10.2. The summed E-state index contributed by atoms with van der Waals surface area (Å²) in [7, 11) is 0. The maximum Gasteiger partial charge on any atom is 0.354 e. The number of pyridine rings is 1. The Kier molecular flexibility index (Phi) is 4.66. The predicted octanol–water partition coefficient (Wildman–Crippen LogP) is 2.65. The third-order valence-electron chi connectivity index (χ3n) is 1.79. The first kappa shape index (κ1) is 13.2. The Hall–Kier alpha value is -1.88. The summed E-state index contributed by atoms with van der Waals surface area (Å²) < 4.78 is 1.23. The molecule has 0 aliphatic rings. The van der Waals surface area contributed by atoms with E-state index in [2.05, 4.69) is 10.1 Å². The smallest absolute Gasteiger partial charge is 0.354 e. The minimum Gasteiger partial charge on any atom is -0.477 e. The van der Waals surface area contributed by atoms with Gasteiger partial charge in [0.1, 0.15) is 0 Å². The van der Waals surface area contributed by atoms with Gasteiger partial charge >= 0.3 is 5.97 Å². The summed E-state index contributed by atoms with van der Waals surface area (Å²) in [6, 6.07) is 4.68. The second kappa shape index (κ2) is 6.00. The Balaban J connectivity index is 0.000000686. The molecule has 0 aliphatic carbocycles. The molecule has 2 aromatic heterocycles. The molecular formula is C11H12ClN3O2. The summed E-state index contributed by atoms with van der Waals surface area (Å²) in [5.74, 6) is -1.08. The third kappa shape index (κ3) is 3.04. The molecule has 5 nitrogen and oxygen atoms in total. The molecule has 2 heterocycles. The van der Waals surface area contributed by atoms with Crippen LogP contribution in [0.5, 0.6) is 0 Å². The van der Waals surface area contributed by atoms with Crippen LogP contribution >= 0.6 is 11.6 Å². The van der Waals surface area contributed by atoms with Crippen LogP contribution in [0.15, 0.2) is 30.6 Å². The van der Waals surface area contributed by atoms with Gasteiger partial charge in [-0.25, -0.2) is 9.48 Å². The molecule has 2 aromatic rings. The minimum atomic E-state index is -1.08. The molecule has 0 unspecified atom stereocenters. The van der Waals surface area contributed by atoms with Crippen molar-refractivity contribution in [1.82, 2.24) is 14.8 Å². The standard InChI is InChI=1S/C9H6ClN3O2.C2H6/c10-8-4-7(9(14)15)13(12-8)6-2-1-3-11-5-6;1-2/h1-5H,(H,14,15);1-2H3. The monoisotopic (exact) mass is 253 g/mol. The van der Waals surface area contributed by atoms with Crippen LogP contribution in [0.1, 0.15) is 24.3 Å². The molecule has 2 rings (SSSR count). The second-order valence-electron chi connectivity index (χ2n) is 2.78. The van der Waals surface area contributed by atoms with E-state index in [1.807, 2.05) is 13.8 Å². The lowest BCUT2D eigenvalue weighted by Gasteiger charge is -2.02. The van der Waals surface area contributed by atoms with E-state index in [0.29, 0.717) is 5.69 Å². The number of aromatic nitrogens is 3. The first-order valence-corrected chi connectivity index (χ1v) is 5.45. The minimum absolute atomic E-state index is 0.00741. The summed E-state index contributed by atoms with van der Waals surface area (Å²) in [6.07, 6.45) is 3.10. The number of carboxylic acids is 1. The Morgan fingerprint density at radius 2 is 2.18 bits per heavy atom. The zero-order chi connectivity index (χ0) is 12.8. The molecule has 1 N–H and O–H groups in total. The van der Waals surface area contributed by atoms with Gasteiger partial charge in [-0.05, 0) is 12.1 Å². The first-order chi connectivity index (χ1) is 8.18. The molecule has 90 valence electrons. The van der Waals surface area contributed by atoms with Gasteiger partial charge in [-0.1, -0.05) is 25.4 Å². The second-order valence-corrected chi connectivity index (χ2v) is 3.17. The molecule has 0 aliphatic heterocycles. The molecule has 0 fully saturated rings. The number of carbonyl (C=O) groups is 1. The van der Waals surface area contributed by atoms with Crippen LogP contribution in [-0.2, 0) is 0 Å². The molecule has 0 saturated carbocycles. The van der Waals surface area contributed by atoms with Crippen LogP contribution in [0.4, 0.5) is 0 Å². The molecule has 0 bridgehead atoms. The fourth-order valence-corrected chi connectivity index (χ4v) is 1.36. The van der Waals surface area contributed by atoms with E-state index in [4.69, 9.17) is 16.7 Å². The van der Waals surface area contributed by atoms with Crippen molar-refractivity contribution in [1.29, 1.82) is 0 Å². The highest BCUT2D eigenvalue weighted by atomic mass is 35.5. The van der Waals surface area contributed by atoms with Crippen molar-refractivity contribution in [2.75, 3.05) is 0 Å². The van der Waals surface area contributed by atoms with Gasteiger partial charge in [-0.15, -0.1) is 0 Å². The van der Waals surface area contributed by atoms with Gasteiger partial charge in [-0.2, -0.15) is 5.10 Å². The number of hydrogen-bond donors (Lipinski definition) is 1. The predicted molar refractivity (Wildman–Crippen MR) is 64.7 cm³/mol. The lowest BCUT2D eigenvalue weighted by molar-refractivity contribution is 0.0687. The highest BCUT2D eigenvalue weighted by Gasteiger charge is 2.14. The molecule has 0 atom stereocenters. The van der Waals surface area contributed by atoms with Crippen molar-refractivity contribution in [3.8, 4) is 5.69 Å². The largest absolute Gasteiger partial charge is 0.477 e. The van der Waals surface area contributed by atoms with Gasteiger partial charge in [0.2, 0.25) is 0 Å². The fraction of sp³-hybridized carbons (Fsp3) is 0.182. The number of halogens is 1. The van der Waals surface area contributed by atoms with Gasteiger partial charge in [0.05, 0.1) is 11.9 Å². The van der Waals surface area contributed by atoms with Gasteiger partial charge in [0.25, 0.3) is 0 Å². The SMILES string of the molecule is CC.O=C(O)c1cc(Cl)nn1-c1cccnc1. The van der Waals surface area contributed by atoms with Crippen molar-refractivity contribution < 1.29 is 9.90 Å². The number of rotatable bonds is 2. The number of carboxylic acid groups (broad SMARTS) is 1. The molecule has 0 spiro atoms.